The summed E-state index contributed by atoms with van der Waals surface area (Å²) in [6.45, 7) is 5.31. The Morgan fingerprint density at radius 1 is 1.22 bits per heavy atom. The molecule has 0 amide bonds. The van der Waals surface area contributed by atoms with E-state index >= 15 is 0 Å². The third kappa shape index (κ3) is 2.56. The number of rotatable bonds is 6. The summed E-state index contributed by atoms with van der Waals surface area (Å²) in [6, 6.07) is 8.29. The van der Waals surface area contributed by atoms with E-state index in [0.29, 0.717) is 0 Å². The molecule has 0 bridgehead atoms. The zero-order chi connectivity index (χ0) is 13.0. The Bertz CT molecular complexity index is 504. The number of aryl methyl sites for hydroxylation is 1. The van der Waals surface area contributed by atoms with E-state index in [0.717, 1.165) is 24.9 Å². The van der Waals surface area contributed by atoms with Crippen molar-refractivity contribution in [2.45, 2.75) is 52.3 Å². The standard InChI is InChI=1S/C15H23N2O/c1-3-5-11-16-12-17(15(18)8-4-2)14-10-7-6-9-13(14)16/h6-7,9-10,12,15,18H,3-5,8,11H2,1-2H3/q+1. The van der Waals surface area contributed by atoms with Crippen LogP contribution >= 0.6 is 0 Å². The van der Waals surface area contributed by atoms with Gasteiger partial charge < -0.3 is 5.11 Å². The molecule has 1 aromatic carbocycles. The number of nitrogens with zero attached hydrogens (tertiary/aromatic N) is 2. The number of fused-ring (bicyclic) bond motifs is 1. The maximum Gasteiger partial charge on any atom is 0.246 e. The second-order valence-corrected chi connectivity index (χ2v) is 4.83. The minimum absolute atomic E-state index is 0.414. The number of aromatic nitrogens is 2. The summed E-state index contributed by atoms with van der Waals surface area (Å²) >= 11 is 0. The predicted molar refractivity (Wildman–Crippen MR) is 73.2 cm³/mol. The maximum absolute atomic E-state index is 10.2. The molecule has 1 atom stereocenters. The normalized spacial score (nSPS) is 13.1. The fourth-order valence-electron chi connectivity index (χ4n) is 2.34. The molecule has 0 radical (unpaired) electrons. The fraction of sp³-hybridized carbons (Fsp3) is 0.533. The topological polar surface area (TPSA) is 29.0 Å². The SMILES string of the molecule is CCCC[n+]1cn(C(O)CCC)c2ccccc21. The van der Waals surface area contributed by atoms with Crippen LogP contribution in [0.15, 0.2) is 30.6 Å². The van der Waals surface area contributed by atoms with Crippen LogP contribution in [0.2, 0.25) is 0 Å². The van der Waals surface area contributed by atoms with Crippen molar-refractivity contribution in [3.8, 4) is 0 Å². The first-order valence-electron chi connectivity index (χ1n) is 6.95. The van der Waals surface area contributed by atoms with Crippen molar-refractivity contribution in [3.05, 3.63) is 30.6 Å². The van der Waals surface area contributed by atoms with Crippen LogP contribution in [-0.4, -0.2) is 9.67 Å². The molecule has 18 heavy (non-hydrogen) atoms. The molecular weight excluding hydrogens is 224 g/mol. The Morgan fingerprint density at radius 2 is 2.00 bits per heavy atom. The average Bonchev–Trinajstić information content (AvgIpc) is 2.76. The summed E-state index contributed by atoms with van der Waals surface area (Å²) in [4.78, 5) is 0. The minimum Gasteiger partial charge on any atom is -0.355 e. The smallest absolute Gasteiger partial charge is 0.246 e. The van der Waals surface area contributed by atoms with Gasteiger partial charge in [-0.2, -0.15) is 0 Å². The Balaban J connectivity index is 2.40. The molecule has 0 aliphatic heterocycles. The summed E-state index contributed by atoms with van der Waals surface area (Å²) in [5, 5.41) is 10.2. The van der Waals surface area contributed by atoms with E-state index in [1.807, 2.05) is 10.6 Å². The largest absolute Gasteiger partial charge is 0.355 e. The van der Waals surface area contributed by atoms with Gasteiger partial charge >= 0.3 is 0 Å². The molecule has 1 unspecified atom stereocenters. The number of aliphatic hydroxyl groups is 1. The molecular formula is C15H23N2O+. The average molecular weight is 247 g/mol. The van der Waals surface area contributed by atoms with E-state index in [1.165, 1.54) is 18.4 Å². The van der Waals surface area contributed by atoms with Crippen molar-refractivity contribution in [1.82, 2.24) is 4.57 Å². The van der Waals surface area contributed by atoms with Gasteiger partial charge in [-0.1, -0.05) is 32.4 Å². The molecule has 3 nitrogen and oxygen atoms in total. The lowest BCUT2D eigenvalue weighted by Gasteiger charge is -2.05. The zero-order valence-corrected chi connectivity index (χ0v) is 11.3. The van der Waals surface area contributed by atoms with Gasteiger partial charge in [-0.15, -0.1) is 0 Å². The Morgan fingerprint density at radius 3 is 2.72 bits per heavy atom. The number of imidazole rings is 1. The number of para-hydroxylation sites is 2. The highest BCUT2D eigenvalue weighted by Crippen LogP contribution is 2.18. The van der Waals surface area contributed by atoms with Gasteiger partial charge in [0.2, 0.25) is 6.33 Å². The second-order valence-electron chi connectivity index (χ2n) is 4.83. The van der Waals surface area contributed by atoms with E-state index in [4.69, 9.17) is 0 Å². The van der Waals surface area contributed by atoms with E-state index in [-0.39, 0.29) is 0 Å². The van der Waals surface area contributed by atoms with Crippen molar-refractivity contribution >= 4 is 11.0 Å². The van der Waals surface area contributed by atoms with Crippen molar-refractivity contribution in [1.29, 1.82) is 0 Å². The van der Waals surface area contributed by atoms with Gasteiger partial charge in [0.05, 0.1) is 6.54 Å². The molecule has 2 rings (SSSR count). The monoisotopic (exact) mass is 247 g/mol. The van der Waals surface area contributed by atoms with E-state index in [9.17, 15) is 5.11 Å². The zero-order valence-electron chi connectivity index (χ0n) is 11.3. The third-order valence-corrected chi connectivity index (χ3v) is 3.35. The Kier molecular flexibility index (Phi) is 4.37. The van der Waals surface area contributed by atoms with Gasteiger partial charge in [0, 0.05) is 6.42 Å². The first kappa shape index (κ1) is 13.1. The van der Waals surface area contributed by atoms with Gasteiger partial charge in [-0.05, 0) is 25.0 Å². The molecule has 0 aliphatic carbocycles. The molecule has 1 heterocycles. The van der Waals surface area contributed by atoms with Crippen LogP contribution in [0.1, 0.15) is 45.8 Å². The molecule has 0 saturated heterocycles. The first-order chi connectivity index (χ1) is 8.77. The molecule has 0 saturated carbocycles. The molecule has 1 N–H and O–H groups in total. The van der Waals surface area contributed by atoms with E-state index < -0.39 is 6.23 Å². The van der Waals surface area contributed by atoms with Gasteiger partial charge in [0.1, 0.15) is 0 Å². The lowest BCUT2D eigenvalue weighted by molar-refractivity contribution is -0.673. The highest BCUT2D eigenvalue weighted by Gasteiger charge is 2.19. The molecule has 0 fully saturated rings. The van der Waals surface area contributed by atoms with Crippen LogP contribution in [0.5, 0.6) is 0 Å². The van der Waals surface area contributed by atoms with Crippen LogP contribution in [-0.2, 0) is 6.54 Å². The number of hydrogen-bond acceptors (Lipinski definition) is 1. The maximum atomic E-state index is 10.2. The highest BCUT2D eigenvalue weighted by atomic mass is 16.3. The van der Waals surface area contributed by atoms with E-state index in [1.54, 1.807) is 0 Å². The molecule has 1 aromatic heterocycles. The summed E-state index contributed by atoms with van der Waals surface area (Å²) < 4.78 is 4.24. The number of unbranched alkanes of at least 4 members (excludes halogenated alkanes) is 1. The van der Waals surface area contributed by atoms with Gasteiger partial charge in [-0.3, -0.25) is 0 Å². The van der Waals surface area contributed by atoms with Crippen LogP contribution in [0, 0.1) is 0 Å². The lowest BCUT2D eigenvalue weighted by Crippen LogP contribution is -2.32. The van der Waals surface area contributed by atoms with Crippen molar-refractivity contribution in [2.75, 3.05) is 0 Å². The number of hydrogen-bond donors (Lipinski definition) is 1. The van der Waals surface area contributed by atoms with E-state index in [2.05, 4.69) is 42.9 Å². The molecule has 2 aromatic rings. The fourth-order valence-corrected chi connectivity index (χ4v) is 2.34. The highest BCUT2D eigenvalue weighted by molar-refractivity contribution is 5.71. The summed E-state index contributed by atoms with van der Waals surface area (Å²) in [5.74, 6) is 0. The molecule has 98 valence electrons. The van der Waals surface area contributed by atoms with Crippen LogP contribution in [0.3, 0.4) is 0 Å². The van der Waals surface area contributed by atoms with Crippen molar-refractivity contribution in [3.63, 3.8) is 0 Å². The summed E-state index contributed by atoms with van der Waals surface area (Å²) in [6.07, 6.45) is 5.78. The van der Waals surface area contributed by atoms with Crippen molar-refractivity contribution < 1.29 is 9.67 Å². The van der Waals surface area contributed by atoms with Crippen LogP contribution in [0.25, 0.3) is 11.0 Å². The quantitative estimate of drug-likeness (QED) is 0.781. The molecule has 3 heteroatoms. The number of benzene rings is 1. The molecule has 0 aliphatic rings. The van der Waals surface area contributed by atoms with Crippen LogP contribution in [0.4, 0.5) is 0 Å². The minimum atomic E-state index is -0.414. The first-order valence-corrected chi connectivity index (χ1v) is 6.95. The summed E-state index contributed by atoms with van der Waals surface area (Å²) in [5.41, 5.74) is 2.33. The van der Waals surface area contributed by atoms with Crippen molar-refractivity contribution in [2.24, 2.45) is 0 Å². The van der Waals surface area contributed by atoms with Crippen LogP contribution < -0.4 is 4.57 Å². The Labute approximate surface area is 109 Å². The Hall–Kier alpha value is -1.35. The number of aliphatic hydroxyl groups excluding tert-OH is 1. The predicted octanol–water partition coefficient (Wildman–Crippen LogP) is 3.02. The third-order valence-electron chi connectivity index (χ3n) is 3.35. The van der Waals surface area contributed by atoms with Gasteiger partial charge in [-0.25, -0.2) is 9.13 Å². The second kappa shape index (κ2) is 6.01. The molecule has 0 spiro atoms. The lowest BCUT2D eigenvalue weighted by atomic mass is 10.2. The summed E-state index contributed by atoms with van der Waals surface area (Å²) in [7, 11) is 0. The van der Waals surface area contributed by atoms with Gasteiger partial charge in [0.25, 0.3) is 0 Å². The van der Waals surface area contributed by atoms with Gasteiger partial charge in [0.15, 0.2) is 17.3 Å².